The van der Waals surface area contributed by atoms with E-state index in [1.54, 1.807) is 40.9 Å². The molecule has 11 heteroatoms. The highest BCUT2D eigenvalue weighted by atomic mass is 32.2. The van der Waals surface area contributed by atoms with Crippen molar-refractivity contribution < 1.29 is 32.2 Å². The molecule has 0 radical (unpaired) electrons. The summed E-state index contributed by atoms with van der Waals surface area (Å²) in [6.07, 6.45) is -3.05. The number of nitrogens with zero attached hydrogens (tertiary/aromatic N) is 1. The van der Waals surface area contributed by atoms with Gasteiger partial charge in [-0.05, 0) is 48.7 Å². The minimum absolute atomic E-state index is 0.0242. The van der Waals surface area contributed by atoms with Crippen LogP contribution in [0.4, 0.5) is 13.2 Å². The van der Waals surface area contributed by atoms with E-state index in [9.17, 15) is 22.8 Å². The molecule has 1 unspecified atom stereocenters. The van der Waals surface area contributed by atoms with Gasteiger partial charge in [-0.3, -0.25) is 14.9 Å². The number of halogens is 3. The van der Waals surface area contributed by atoms with Gasteiger partial charge in [-0.2, -0.15) is 13.2 Å². The van der Waals surface area contributed by atoms with Crippen LogP contribution in [0.15, 0.2) is 42.5 Å². The summed E-state index contributed by atoms with van der Waals surface area (Å²) in [5.74, 6) is 1.44. The Balaban J connectivity index is 1.13. The Morgan fingerprint density at radius 2 is 1.89 bits per heavy atom. The minimum Gasteiger partial charge on any atom is -0.454 e. The van der Waals surface area contributed by atoms with E-state index in [1.807, 2.05) is 0 Å². The first-order valence-electron chi connectivity index (χ1n) is 11.3. The Bertz CT molecular complexity index is 1140. The Morgan fingerprint density at radius 1 is 1.11 bits per heavy atom. The predicted octanol–water partition coefficient (Wildman–Crippen LogP) is 3.39. The van der Waals surface area contributed by atoms with Crippen LogP contribution in [0, 0.1) is 0 Å². The van der Waals surface area contributed by atoms with E-state index in [4.69, 9.17) is 9.47 Å². The van der Waals surface area contributed by atoms with Gasteiger partial charge in [0.25, 0.3) is 5.91 Å². The molecule has 0 bridgehead atoms. The number of ether oxygens (including phenoxy) is 2. The topological polar surface area (TPSA) is 79.9 Å². The van der Waals surface area contributed by atoms with Crippen LogP contribution in [0.5, 0.6) is 11.5 Å². The molecule has 2 fully saturated rings. The summed E-state index contributed by atoms with van der Waals surface area (Å²) in [5, 5.41) is 6.15. The lowest BCUT2D eigenvalue weighted by molar-refractivity contribution is -0.137. The van der Waals surface area contributed by atoms with Gasteiger partial charge in [0.15, 0.2) is 11.5 Å². The second kappa shape index (κ2) is 9.27. The van der Waals surface area contributed by atoms with Crippen molar-refractivity contribution in [1.29, 1.82) is 0 Å². The number of alkyl halides is 3. The SMILES string of the molecule is O=C(NCc1cccc(C(F)(F)F)c1)C1CSC2(CCN(C(=O)c3ccc4c(c3)OCO4)CC2)N1. The van der Waals surface area contributed by atoms with Crippen LogP contribution in [-0.4, -0.2) is 53.3 Å². The highest BCUT2D eigenvalue weighted by Gasteiger charge is 2.44. The summed E-state index contributed by atoms with van der Waals surface area (Å²) in [6.45, 7) is 1.27. The number of rotatable bonds is 4. The van der Waals surface area contributed by atoms with Gasteiger partial charge in [-0.15, -0.1) is 11.8 Å². The number of benzene rings is 2. The number of likely N-dealkylation sites (tertiary alicyclic amines) is 1. The maximum Gasteiger partial charge on any atom is 0.416 e. The zero-order valence-electron chi connectivity index (χ0n) is 18.7. The fourth-order valence-corrected chi connectivity index (χ4v) is 5.94. The molecular weight excluding hydrogens is 483 g/mol. The van der Waals surface area contributed by atoms with Crippen molar-refractivity contribution in [1.82, 2.24) is 15.5 Å². The zero-order valence-corrected chi connectivity index (χ0v) is 19.5. The first-order valence-corrected chi connectivity index (χ1v) is 12.3. The quantitative estimate of drug-likeness (QED) is 0.661. The molecule has 0 saturated carbocycles. The van der Waals surface area contributed by atoms with Crippen LogP contribution in [0.1, 0.15) is 34.3 Å². The number of thioether (sulfide) groups is 1. The number of piperidine rings is 1. The largest absolute Gasteiger partial charge is 0.454 e. The van der Waals surface area contributed by atoms with Gasteiger partial charge < -0.3 is 19.7 Å². The average Bonchev–Trinajstić information content (AvgIpc) is 3.49. The molecule has 2 aromatic carbocycles. The number of hydrogen-bond donors (Lipinski definition) is 2. The highest BCUT2D eigenvalue weighted by molar-refractivity contribution is 8.01. The van der Waals surface area contributed by atoms with E-state index in [0.717, 1.165) is 12.1 Å². The molecule has 35 heavy (non-hydrogen) atoms. The second-order valence-corrected chi connectivity index (χ2v) is 10.2. The van der Waals surface area contributed by atoms with Crippen LogP contribution in [0.3, 0.4) is 0 Å². The summed E-state index contributed by atoms with van der Waals surface area (Å²) in [7, 11) is 0. The van der Waals surface area contributed by atoms with Crippen LogP contribution in [0.2, 0.25) is 0 Å². The number of nitrogens with one attached hydrogen (secondary N) is 2. The monoisotopic (exact) mass is 507 g/mol. The molecule has 2 aromatic rings. The fraction of sp³-hybridized carbons (Fsp3) is 0.417. The molecule has 1 spiro atoms. The van der Waals surface area contributed by atoms with E-state index in [0.29, 0.717) is 54.3 Å². The number of hydrogen-bond acceptors (Lipinski definition) is 6. The predicted molar refractivity (Wildman–Crippen MR) is 123 cm³/mol. The summed E-state index contributed by atoms with van der Waals surface area (Å²) in [5.41, 5.74) is 0.202. The Labute approximate surface area is 204 Å². The van der Waals surface area contributed by atoms with Crippen LogP contribution >= 0.6 is 11.8 Å². The standard InChI is InChI=1S/C24H24F3N3O4S/c25-24(26,27)17-3-1-2-15(10-17)12-28-21(31)18-13-35-23(29-18)6-8-30(9-7-23)22(32)16-4-5-19-20(11-16)34-14-33-19/h1-5,10-11,18,29H,6-9,12-14H2,(H,28,31). The number of carbonyl (C=O) groups excluding carboxylic acids is 2. The summed E-state index contributed by atoms with van der Waals surface area (Å²) in [4.78, 5) is 27.1. The normalized spacial score (nSPS) is 20.8. The molecule has 2 N–H and O–H groups in total. The van der Waals surface area contributed by atoms with Crippen molar-refractivity contribution in [3.05, 3.63) is 59.2 Å². The molecule has 186 valence electrons. The molecule has 0 aromatic heterocycles. The molecule has 3 heterocycles. The van der Waals surface area contributed by atoms with E-state index in [1.165, 1.54) is 6.07 Å². The van der Waals surface area contributed by atoms with Gasteiger partial charge >= 0.3 is 6.18 Å². The molecule has 2 amide bonds. The van der Waals surface area contributed by atoms with E-state index in [2.05, 4.69) is 10.6 Å². The molecule has 0 aliphatic carbocycles. The van der Waals surface area contributed by atoms with Crippen molar-refractivity contribution in [3.63, 3.8) is 0 Å². The van der Waals surface area contributed by atoms with E-state index in [-0.39, 0.29) is 30.0 Å². The number of amides is 2. The first-order chi connectivity index (χ1) is 16.7. The second-order valence-electron chi connectivity index (χ2n) is 8.78. The Hall–Kier alpha value is -2.92. The summed E-state index contributed by atoms with van der Waals surface area (Å²) >= 11 is 1.66. The molecular formula is C24H24F3N3O4S. The van der Waals surface area contributed by atoms with Gasteiger partial charge in [0.1, 0.15) is 0 Å². The van der Waals surface area contributed by atoms with Crippen molar-refractivity contribution >= 4 is 23.6 Å². The Kier molecular flexibility index (Phi) is 6.30. The number of fused-ring (bicyclic) bond motifs is 1. The molecule has 5 rings (SSSR count). The molecule has 3 aliphatic heterocycles. The fourth-order valence-electron chi connectivity index (χ4n) is 4.53. The van der Waals surface area contributed by atoms with Crippen molar-refractivity contribution in [2.45, 2.75) is 36.5 Å². The third kappa shape index (κ3) is 5.06. The molecule has 3 aliphatic rings. The van der Waals surface area contributed by atoms with Crippen LogP contribution < -0.4 is 20.1 Å². The average molecular weight is 508 g/mol. The first kappa shape index (κ1) is 23.8. The third-order valence-electron chi connectivity index (χ3n) is 6.48. The van der Waals surface area contributed by atoms with E-state index >= 15 is 0 Å². The smallest absolute Gasteiger partial charge is 0.416 e. The third-order valence-corrected chi connectivity index (χ3v) is 8.06. The van der Waals surface area contributed by atoms with Crippen molar-refractivity contribution in [3.8, 4) is 11.5 Å². The molecule has 2 saturated heterocycles. The van der Waals surface area contributed by atoms with Gasteiger partial charge in [-0.1, -0.05) is 12.1 Å². The summed E-state index contributed by atoms with van der Waals surface area (Å²) < 4.78 is 49.4. The van der Waals surface area contributed by atoms with Gasteiger partial charge in [0.05, 0.1) is 16.5 Å². The van der Waals surface area contributed by atoms with Crippen LogP contribution in [-0.2, 0) is 17.5 Å². The van der Waals surface area contributed by atoms with Gasteiger partial charge in [0.2, 0.25) is 12.7 Å². The maximum absolute atomic E-state index is 12.9. The van der Waals surface area contributed by atoms with Crippen molar-refractivity contribution in [2.75, 3.05) is 25.6 Å². The number of carbonyl (C=O) groups is 2. The summed E-state index contributed by atoms with van der Waals surface area (Å²) in [6, 6.07) is 9.66. The zero-order chi connectivity index (χ0) is 24.6. The Morgan fingerprint density at radius 3 is 2.66 bits per heavy atom. The molecule has 7 nitrogen and oxygen atoms in total. The van der Waals surface area contributed by atoms with Gasteiger partial charge in [-0.25, -0.2) is 0 Å². The maximum atomic E-state index is 12.9. The lowest BCUT2D eigenvalue weighted by Crippen LogP contribution is -2.54. The molecule has 1 atom stereocenters. The lowest BCUT2D eigenvalue weighted by atomic mass is 10.0. The van der Waals surface area contributed by atoms with Crippen molar-refractivity contribution in [2.24, 2.45) is 0 Å². The lowest BCUT2D eigenvalue weighted by Gasteiger charge is -2.39. The van der Waals surface area contributed by atoms with Crippen LogP contribution in [0.25, 0.3) is 0 Å². The van der Waals surface area contributed by atoms with E-state index < -0.39 is 17.8 Å². The minimum atomic E-state index is -4.42. The highest BCUT2D eigenvalue weighted by Crippen LogP contribution is 2.40. The van der Waals surface area contributed by atoms with Gasteiger partial charge in [0, 0.05) is 31.0 Å².